The lowest BCUT2D eigenvalue weighted by molar-refractivity contribution is 0.275. The number of nitrogens with zero attached hydrogens (tertiary/aromatic N) is 1. The first kappa shape index (κ1) is 7.40. The molecule has 1 aliphatic rings. The van der Waals surface area contributed by atoms with Crippen LogP contribution in [-0.2, 0) is 0 Å². The number of hydrogen-bond acceptors (Lipinski definition) is 2. The van der Waals surface area contributed by atoms with Crippen LogP contribution in [0.3, 0.4) is 0 Å². The molecule has 1 fully saturated rings. The van der Waals surface area contributed by atoms with Crippen molar-refractivity contribution in [3.63, 3.8) is 0 Å². The molecule has 1 saturated heterocycles. The van der Waals surface area contributed by atoms with Gasteiger partial charge in [-0.2, -0.15) is 0 Å². The van der Waals surface area contributed by atoms with Crippen LogP contribution < -0.4 is 10.6 Å². The molecule has 0 spiro atoms. The molecule has 0 unspecified atom stereocenters. The first-order valence-electron chi connectivity index (χ1n) is 4.00. The van der Waals surface area contributed by atoms with E-state index in [1.807, 2.05) is 29.2 Å². The van der Waals surface area contributed by atoms with E-state index in [9.17, 15) is 4.39 Å². The van der Waals surface area contributed by atoms with Gasteiger partial charge in [-0.1, -0.05) is 0 Å². The maximum absolute atomic E-state index is 12.5. The summed E-state index contributed by atoms with van der Waals surface area (Å²) in [5.41, 5.74) is 7.32. The number of nitrogens with two attached hydrogens (primary N) is 1. The molecular formula is C9H11FN2. The average Bonchev–Trinajstić information content (AvgIpc) is 2.01. The Kier molecular flexibility index (Phi) is 1.64. The van der Waals surface area contributed by atoms with Crippen LogP contribution in [0.15, 0.2) is 24.3 Å². The lowest BCUT2D eigenvalue weighted by atomic mass is 10.1. The summed E-state index contributed by atoms with van der Waals surface area (Å²) in [5, 5.41) is 0. The minimum Gasteiger partial charge on any atom is -0.399 e. The lowest BCUT2D eigenvalue weighted by Gasteiger charge is -2.36. The molecule has 0 amide bonds. The van der Waals surface area contributed by atoms with Crippen molar-refractivity contribution in [1.82, 2.24) is 0 Å². The van der Waals surface area contributed by atoms with Crippen LogP contribution in [0.2, 0.25) is 0 Å². The number of anilines is 2. The van der Waals surface area contributed by atoms with Crippen molar-refractivity contribution in [1.29, 1.82) is 0 Å². The Labute approximate surface area is 70.8 Å². The molecule has 0 saturated carbocycles. The van der Waals surface area contributed by atoms with Crippen LogP contribution in [0.25, 0.3) is 0 Å². The predicted octanol–water partition coefficient (Wildman–Crippen LogP) is 1.43. The second-order valence-corrected chi connectivity index (χ2v) is 3.09. The number of alkyl halides is 1. The normalized spacial score (nSPS) is 17.6. The largest absolute Gasteiger partial charge is 0.399 e. The summed E-state index contributed by atoms with van der Waals surface area (Å²) in [6, 6.07) is 7.50. The van der Waals surface area contributed by atoms with E-state index in [1.165, 1.54) is 0 Å². The van der Waals surface area contributed by atoms with Gasteiger partial charge in [0.05, 0.1) is 13.1 Å². The van der Waals surface area contributed by atoms with Crippen molar-refractivity contribution in [2.75, 3.05) is 23.7 Å². The van der Waals surface area contributed by atoms with Gasteiger partial charge in [-0.15, -0.1) is 0 Å². The van der Waals surface area contributed by atoms with Crippen molar-refractivity contribution in [2.24, 2.45) is 0 Å². The van der Waals surface area contributed by atoms with E-state index >= 15 is 0 Å². The fourth-order valence-electron chi connectivity index (χ4n) is 1.32. The molecule has 1 aromatic carbocycles. The van der Waals surface area contributed by atoms with Gasteiger partial charge in [0.1, 0.15) is 6.17 Å². The molecule has 2 N–H and O–H groups in total. The van der Waals surface area contributed by atoms with Crippen molar-refractivity contribution in [3.8, 4) is 0 Å². The van der Waals surface area contributed by atoms with E-state index in [4.69, 9.17) is 5.73 Å². The Bertz CT molecular complexity index is 264. The Morgan fingerprint density at radius 2 is 1.83 bits per heavy atom. The number of rotatable bonds is 1. The molecule has 64 valence electrons. The third kappa shape index (κ3) is 1.22. The van der Waals surface area contributed by atoms with Crippen LogP contribution in [0.1, 0.15) is 0 Å². The molecular weight excluding hydrogens is 155 g/mol. The van der Waals surface area contributed by atoms with Gasteiger partial charge in [0.15, 0.2) is 0 Å². The maximum atomic E-state index is 12.5. The number of nitrogen functional groups attached to an aromatic ring is 1. The standard InChI is InChI=1S/C9H11FN2/c10-7-5-12(6-7)9-3-1-8(11)2-4-9/h1-4,7H,5-6,11H2. The lowest BCUT2D eigenvalue weighted by Crippen LogP contribution is -2.48. The molecule has 0 bridgehead atoms. The smallest absolute Gasteiger partial charge is 0.135 e. The van der Waals surface area contributed by atoms with Gasteiger partial charge < -0.3 is 10.6 Å². The highest BCUT2D eigenvalue weighted by atomic mass is 19.1. The zero-order valence-corrected chi connectivity index (χ0v) is 6.70. The highest BCUT2D eigenvalue weighted by molar-refractivity contribution is 5.54. The molecule has 0 atom stereocenters. The zero-order valence-electron chi connectivity index (χ0n) is 6.70. The summed E-state index contributed by atoms with van der Waals surface area (Å²) in [4.78, 5) is 1.99. The molecule has 2 rings (SSSR count). The summed E-state index contributed by atoms with van der Waals surface area (Å²) in [5.74, 6) is 0. The van der Waals surface area contributed by atoms with Gasteiger partial charge in [-0.3, -0.25) is 0 Å². The van der Waals surface area contributed by atoms with E-state index in [-0.39, 0.29) is 0 Å². The number of halogens is 1. The van der Waals surface area contributed by atoms with E-state index in [0.29, 0.717) is 13.1 Å². The fraction of sp³-hybridized carbons (Fsp3) is 0.333. The number of benzene rings is 1. The highest BCUT2D eigenvalue weighted by Gasteiger charge is 2.25. The van der Waals surface area contributed by atoms with Crippen molar-refractivity contribution in [3.05, 3.63) is 24.3 Å². The number of hydrogen-bond donors (Lipinski definition) is 1. The molecule has 0 aromatic heterocycles. The van der Waals surface area contributed by atoms with E-state index in [0.717, 1.165) is 11.4 Å². The summed E-state index contributed by atoms with van der Waals surface area (Å²) in [6.07, 6.45) is -0.650. The zero-order chi connectivity index (χ0) is 8.55. The Balaban J connectivity index is 2.09. The third-order valence-corrected chi connectivity index (χ3v) is 2.10. The summed E-state index contributed by atoms with van der Waals surface area (Å²) in [6.45, 7) is 1.04. The minimum atomic E-state index is -0.650. The van der Waals surface area contributed by atoms with Crippen molar-refractivity contribution >= 4 is 11.4 Å². The minimum absolute atomic E-state index is 0.518. The Morgan fingerprint density at radius 1 is 1.25 bits per heavy atom. The molecule has 0 aliphatic carbocycles. The molecule has 1 heterocycles. The summed E-state index contributed by atoms with van der Waals surface area (Å²) >= 11 is 0. The predicted molar refractivity (Wildman–Crippen MR) is 48.0 cm³/mol. The average molecular weight is 166 g/mol. The molecule has 0 radical (unpaired) electrons. The molecule has 1 aliphatic heterocycles. The topological polar surface area (TPSA) is 29.3 Å². The molecule has 2 nitrogen and oxygen atoms in total. The molecule has 12 heavy (non-hydrogen) atoms. The first-order chi connectivity index (χ1) is 5.75. The van der Waals surface area contributed by atoms with Gasteiger partial charge in [-0.05, 0) is 24.3 Å². The maximum Gasteiger partial charge on any atom is 0.135 e. The first-order valence-corrected chi connectivity index (χ1v) is 4.00. The van der Waals surface area contributed by atoms with Crippen LogP contribution >= 0.6 is 0 Å². The second kappa shape index (κ2) is 2.66. The van der Waals surface area contributed by atoms with Gasteiger partial charge in [-0.25, -0.2) is 4.39 Å². The van der Waals surface area contributed by atoms with Crippen molar-refractivity contribution < 1.29 is 4.39 Å². The molecule has 1 aromatic rings. The summed E-state index contributed by atoms with van der Waals surface area (Å²) in [7, 11) is 0. The van der Waals surface area contributed by atoms with Gasteiger partial charge in [0.2, 0.25) is 0 Å². The fourth-order valence-corrected chi connectivity index (χ4v) is 1.32. The van der Waals surface area contributed by atoms with Crippen LogP contribution in [-0.4, -0.2) is 19.3 Å². The van der Waals surface area contributed by atoms with Crippen LogP contribution in [0.4, 0.5) is 15.8 Å². The van der Waals surface area contributed by atoms with E-state index in [1.54, 1.807) is 0 Å². The van der Waals surface area contributed by atoms with E-state index in [2.05, 4.69) is 0 Å². The van der Waals surface area contributed by atoms with Gasteiger partial charge in [0, 0.05) is 11.4 Å². The molecule has 3 heteroatoms. The quantitative estimate of drug-likeness (QED) is 0.639. The van der Waals surface area contributed by atoms with Crippen LogP contribution in [0, 0.1) is 0 Å². The SMILES string of the molecule is Nc1ccc(N2CC(F)C2)cc1. The third-order valence-electron chi connectivity index (χ3n) is 2.10. The van der Waals surface area contributed by atoms with Gasteiger partial charge in [0.25, 0.3) is 0 Å². The Morgan fingerprint density at radius 3 is 2.33 bits per heavy atom. The Hall–Kier alpha value is -1.25. The monoisotopic (exact) mass is 166 g/mol. The van der Waals surface area contributed by atoms with Crippen molar-refractivity contribution in [2.45, 2.75) is 6.17 Å². The van der Waals surface area contributed by atoms with Gasteiger partial charge >= 0.3 is 0 Å². The van der Waals surface area contributed by atoms with Crippen LogP contribution in [0.5, 0.6) is 0 Å². The second-order valence-electron chi connectivity index (χ2n) is 3.09. The summed E-state index contributed by atoms with van der Waals surface area (Å²) < 4.78 is 12.5. The highest BCUT2D eigenvalue weighted by Crippen LogP contribution is 2.22. The van der Waals surface area contributed by atoms with E-state index < -0.39 is 6.17 Å².